The molecule has 2 aliphatic heterocycles. The maximum Gasteiger partial charge on any atom is 0.0954 e. The van der Waals surface area contributed by atoms with Crippen LogP contribution >= 0.6 is 15.9 Å². The van der Waals surface area contributed by atoms with E-state index in [2.05, 4.69) is 45.1 Å². The predicted molar refractivity (Wildman–Crippen MR) is 81.8 cm³/mol. The summed E-state index contributed by atoms with van der Waals surface area (Å²) < 4.78 is 6.01. The molecule has 0 bridgehead atoms. The lowest BCUT2D eigenvalue weighted by Crippen LogP contribution is -2.30. The summed E-state index contributed by atoms with van der Waals surface area (Å²) in [6.07, 6.45) is 4.00. The van der Waals surface area contributed by atoms with Gasteiger partial charge in [0.25, 0.3) is 0 Å². The van der Waals surface area contributed by atoms with Crippen molar-refractivity contribution in [3.63, 3.8) is 0 Å². The fraction of sp³-hybridized carbons (Fsp3) is 0.625. The monoisotopic (exact) mass is 323 g/mol. The molecule has 2 heterocycles. The van der Waals surface area contributed by atoms with Crippen molar-refractivity contribution in [1.29, 1.82) is 0 Å². The van der Waals surface area contributed by atoms with Crippen LogP contribution in [0, 0.1) is 5.92 Å². The van der Waals surface area contributed by atoms with Crippen molar-refractivity contribution in [3.8, 4) is 0 Å². The Morgan fingerprint density at radius 1 is 1.32 bits per heavy atom. The average molecular weight is 324 g/mol. The van der Waals surface area contributed by atoms with E-state index in [9.17, 15) is 0 Å². The molecule has 0 saturated carbocycles. The molecule has 19 heavy (non-hydrogen) atoms. The molecular formula is C16H22BrNO. The second-order valence-corrected chi connectivity index (χ2v) is 6.49. The molecule has 0 radical (unpaired) electrons. The largest absolute Gasteiger partial charge is 0.372 e. The molecule has 3 rings (SSSR count). The number of rotatable bonds is 4. The van der Waals surface area contributed by atoms with Gasteiger partial charge in [0.05, 0.1) is 12.7 Å². The van der Waals surface area contributed by atoms with E-state index in [1.807, 2.05) is 0 Å². The van der Waals surface area contributed by atoms with Crippen molar-refractivity contribution >= 4 is 15.9 Å². The number of likely N-dealkylation sites (tertiary alicyclic amines) is 1. The van der Waals surface area contributed by atoms with Gasteiger partial charge in [-0.15, -0.1) is 0 Å². The smallest absolute Gasteiger partial charge is 0.0954 e. The van der Waals surface area contributed by atoms with Crippen LogP contribution < -0.4 is 0 Å². The molecule has 2 unspecified atom stereocenters. The van der Waals surface area contributed by atoms with Gasteiger partial charge in [-0.25, -0.2) is 0 Å². The lowest BCUT2D eigenvalue weighted by Gasteiger charge is -2.29. The van der Waals surface area contributed by atoms with Crippen molar-refractivity contribution in [1.82, 2.24) is 4.90 Å². The molecule has 3 heteroatoms. The molecule has 1 saturated heterocycles. The first kappa shape index (κ1) is 13.6. The summed E-state index contributed by atoms with van der Waals surface area (Å²) >= 11 is 3.56. The Kier molecular flexibility index (Phi) is 4.57. The number of hydrogen-bond acceptors (Lipinski definition) is 2. The standard InChI is InChI=1S/C16H22BrNO/c17-8-5-13-6-9-18(11-13)12-16-15-4-2-1-3-14(15)7-10-19-16/h1-4,13,16H,5-12H2. The number of nitrogens with zero attached hydrogens (tertiary/aromatic N) is 1. The van der Waals surface area contributed by atoms with E-state index in [1.165, 1.54) is 37.1 Å². The van der Waals surface area contributed by atoms with Crippen LogP contribution in [0.3, 0.4) is 0 Å². The van der Waals surface area contributed by atoms with Gasteiger partial charge in [-0.2, -0.15) is 0 Å². The number of ether oxygens (including phenoxy) is 1. The minimum Gasteiger partial charge on any atom is -0.372 e. The van der Waals surface area contributed by atoms with E-state index in [-0.39, 0.29) is 6.10 Å². The average Bonchev–Trinajstić information content (AvgIpc) is 2.87. The molecule has 0 aromatic heterocycles. The molecule has 0 N–H and O–H groups in total. The topological polar surface area (TPSA) is 12.5 Å². The maximum absolute atomic E-state index is 6.01. The Bertz CT molecular complexity index is 423. The zero-order chi connectivity index (χ0) is 13.1. The highest BCUT2D eigenvalue weighted by molar-refractivity contribution is 9.09. The third-order valence-electron chi connectivity index (χ3n) is 4.40. The normalized spacial score (nSPS) is 27.4. The third kappa shape index (κ3) is 3.21. The summed E-state index contributed by atoms with van der Waals surface area (Å²) in [5.74, 6) is 0.873. The zero-order valence-electron chi connectivity index (χ0n) is 11.4. The summed E-state index contributed by atoms with van der Waals surface area (Å²) in [5.41, 5.74) is 2.90. The Morgan fingerprint density at radius 2 is 2.21 bits per heavy atom. The molecule has 0 aliphatic carbocycles. The van der Waals surface area contributed by atoms with E-state index in [1.54, 1.807) is 0 Å². The van der Waals surface area contributed by atoms with Crippen molar-refractivity contribution in [2.45, 2.75) is 25.4 Å². The summed E-state index contributed by atoms with van der Waals surface area (Å²) in [6, 6.07) is 8.77. The van der Waals surface area contributed by atoms with Crippen LogP contribution in [0.1, 0.15) is 30.1 Å². The first-order valence-electron chi connectivity index (χ1n) is 7.34. The predicted octanol–water partition coefficient (Wildman–Crippen LogP) is 3.41. The van der Waals surface area contributed by atoms with Gasteiger partial charge in [-0.3, -0.25) is 0 Å². The van der Waals surface area contributed by atoms with Crippen LogP contribution in [0.4, 0.5) is 0 Å². The van der Waals surface area contributed by atoms with Crippen LogP contribution in [0.5, 0.6) is 0 Å². The fourth-order valence-corrected chi connectivity index (χ4v) is 3.98. The van der Waals surface area contributed by atoms with Gasteiger partial charge in [0.2, 0.25) is 0 Å². The summed E-state index contributed by atoms with van der Waals surface area (Å²) in [6.45, 7) is 4.42. The molecule has 1 fully saturated rings. The lowest BCUT2D eigenvalue weighted by molar-refractivity contribution is 0.0199. The Hall–Kier alpha value is -0.380. The van der Waals surface area contributed by atoms with Crippen molar-refractivity contribution < 1.29 is 4.74 Å². The molecule has 104 valence electrons. The molecule has 1 aromatic carbocycles. The van der Waals surface area contributed by atoms with Crippen LogP contribution in [0.2, 0.25) is 0 Å². The van der Waals surface area contributed by atoms with Crippen molar-refractivity contribution in [2.24, 2.45) is 5.92 Å². The first-order valence-corrected chi connectivity index (χ1v) is 8.46. The zero-order valence-corrected chi connectivity index (χ0v) is 12.9. The summed E-state index contributed by atoms with van der Waals surface area (Å²) in [7, 11) is 0. The first-order chi connectivity index (χ1) is 9.36. The summed E-state index contributed by atoms with van der Waals surface area (Å²) in [4.78, 5) is 2.58. The minimum atomic E-state index is 0.285. The Balaban J connectivity index is 1.62. The number of fused-ring (bicyclic) bond motifs is 1. The third-order valence-corrected chi connectivity index (χ3v) is 4.86. The van der Waals surface area contributed by atoms with E-state index in [0.717, 1.165) is 30.8 Å². The molecular weight excluding hydrogens is 302 g/mol. The van der Waals surface area contributed by atoms with Gasteiger partial charge >= 0.3 is 0 Å². The fourth-order valence-electron chi connectivity index (χ4n) is 3.33. The number of benzene rings is 1. The maximum atomic E-state index is 6.01. The minimum absolute atomic E-state index is 0.285. The van der Waals surface area contributed by atoms with Crippen molar-refractivity contribution in [2.75, 3.05) is 31.6 Å². The molecule has 0 spiro atoms. The van der Waals surface area contributed by atoms with E-state index in [4.69, 9.17) is 4.74 Å². The second kappa shape index (κ2) is 6.38. The highest BCUT2D eigenvalue weighted by Gasteiger charge is 2.27. The van der Waals surface area contributed by atoms with Crippen molar-refractivity contribution in [3.05, 3.63) is 35.4 Å². The highest BCUT2D eigenvalue weighted by Crippen LogP contribution is 2.30. The van der Waals surface area contributed by atoms with Gasteiger partial charge in [0.15, 0.2) is 0 Å². The van der Waals surface area contributed by atoms with Crippen LogP contribution in [-0.2, 0) is 11.2 Å². The van der Waals surface area contributed by atoms with E-state index < -0.39 is 0 Å². The number of alkyl halides is 1. The van der Waals surface area contributed by atoms with Gasteiger partial charge in [-0.1, -0.05) is 40.2 Å². The number of halogens is 1. The highest BCUT2D eigenvalue weighted by atomic mass is 79.9. The van der Waals surface area contributed by atoms with E-state index in [0.29, 0.717) is 0 Å². The van der Waals surface area contributed by atoms with Gasteiger partial charge < -0.3 is 9.64 Å². The molecule has 2 atom stereocenters. The second-order valence-electron chi connectivity index (χ2n) is 5.70. The Morgan fingerprint density at radius 3 is 3.11 bits per heavy atom. The van der Waals surface area contributed by atoms with E-state index >= 15 is 0 Å². The summed E-state index contributed by atoms with van der Waals surface area (Å²) in [5, 5.41) is 1.13. The van der Waals surface area contributed by atoms with Crippen LogP contribution in [-0.4, -0.2) is 36.5 Å². The number of hydrogen-bond donors (Lipinski definition) is 0. The Labute approximate surface area is 124 Å². The van der Waals surface area contributed by atoms with Gasteiger partial charge in [0, 0.05) is 18.4 Å². The van der Waals surface area contributed by atoms with Gasteiger partial charge in [-0.05, 0) is 42.9 Å². The SMILES string of the molecule is BrCCC1CCN(CC2OCCc3ccccc32)C1. The molecule has 2 nitrogen and oxygen atoms in total. The molecule has 2 aliphatic rings. The molecule has 1 aromatic rings. The quantitative estimate of drug-likeness (QED) is 0.787. The molecule has 0 amide bonds. The lowest BCUT2D eigenvalue weighted by atomic mass is 9.97. The van der Waals surface area contributed by atoms with Crippen LogP contribution in [0.15, 0.2) is 24.3 Å². The van der Waals surface area contributed by atoms with Crippen LogP contribution in [0.25, 0.3) is 0 Å². The van der Waals surface area contributed by atoms with Gasteiger partial charge in [0.1, 0.15) is 0 Å².